The van der Waals surface area contributed by atoms with Crippen LogP contribution in [0.25, 0.3) is 0 Å². The molecule has 1 rings (SSSR count). The molecule has 0 heterocycles. The predicted octanol–water partition coefficient (Wildman–Crippen LogP) is 0.789. The fraction of sp³-hybridized carbons (Fsp3) is 0.250. The van der Waals surface area contributed by atoms with Gasteiger partial charge in [0, 0.05) is 17.7 Å². The summed E-state index contributed by atoms with van der Waals surface area (Å²) in [7, 11) is 1.30. The maximum atomic E-state index is 11.2. The summed E-state index contributed by atoms with van der Waals surface area (Å²) in [4.78, 5) is 11.2. The molecule has 0 saturated carbocycles. The van der Waals surface area contributed by atoms with Gasteiger partial charge in [0.1, 0.15) is 0 Å². The number of hydrogen-bond acceptors (Lipinski definition) is 4. The Morgan fingerprint density at radius 2 is 2.31 bits per heavy atom. The lowest BCUT2D eigenvalue weighted by Crippen LogP contribution is -2.05. The van der Waals surface area contributed by atoms with Crippen LogP contribution in [0.5, 0.6) is 0 Å². The number of anilines is 1. The monoisotopic (exact) mass is 219 g/mol. The maximum Gasteiger partial charge on any atom is 0.339 e. The molecule has 0 aliphatic heterocycles. The second-order valence-corrected chi connectivity index (χ2v) is 3.07. The number of nitrogen functional groups attached to an aromatic ring is 1. The largest absolute Gasteiger partial charge is 0.465 e. The zero-order chi connectivity index (χ0) is 12.0. The first-order valence-corrected chi connectivity index (χ1v) is 4.76. The number of carbonyl (C=O) groups excluding carboxylic acids is 1. The number of carbonyl (C=O) groups is 1. The molecule has 0 spiro atoms. The van der Waals surface area contributed by atoms with Gasteiger partial charge in [0.15, 0.2) is 0 Å². The average Bonchev–Trinajstić information content (AvgIpc) is 2.29. The minimum atomic E-state index is -0.465. The van der Waals surface area contributed by atoms with Gasteiger partial charge in [0.2, 0.25) is 0 Å². The van der Waals surface area contributed by atoms with Crippen LogP contribution in [0.15, 0.2) is 18.2 Å². The molecule has 0 aromatic heterocycles. The average molecular weight is 219 g/mol. The van der Waals surface area contributed by atoms with E-state index in [2.05, 4.69) is 16.6 Å². The van der Waals surface area contributed by atoms with Crippen molar-refractivity contribution in [2.75, 3.05) is 19.5 Å². The highest BCUT2D eigenvalue weighted by Crippen LogP contribution is 2.14. The second-order valence-electron chi connectivity index (χ2n) is 3.07. The molecule has 0 fully saturated rings. The van der Waals surface area contributed by atoms with Crippen LogP contribution in [0.2, 0.25) is 0 Å². The van der Waals surface area contributed by atoms with Crippen molar-refractivity contribution in [2.24, 2.45) is 0 Å². The van der Waals surface area contributed by atoms with Gasteiger partial charge in [-0.1, -0.05) is 11.8 Å². The molecular formula is C12H13NO3. The molecule has 0 amide bonds. The van der Waals surface area contributed by atoms with E-state index in [4.69, 9.17) is 10.8 Å². The molecule has 1 aromatic carbocycles. The Morgan fingerprint density at radius 1 is 1.56 bits per heavy atom. The summed E-state index contributed by atoms with van der Waals surface area (Å²) < 4.78 is 4.57. The summed E-state index contributed by atoms with van der Waals surface area (Å²) >= 11 is 0. The van der Waals surface area contributed by atoms with E-state index in [0.717, 1.165) is 0 Å². The fourth-order valence-corrected chi connectivity index (χ4v) is 1.16. The Morgan fingerprint density at radius 3 is 2.88 bits per heavy atom. The Hall–Kier alpha value is -1.99. The van der Waals surface area contributed by atoms with E-state index in [1.54, 1.807) is 18.2 Å². The Bertz CT molecular complexity index is 443. The molecule has 84 valence electrons. The van der Waals surface area contributed by atoms with Crippen LogP contribution in [-0.2, 0) is 4.74 Å². The molecule has 1 aromatic rings. The van der Waals surface area contributed by atoms with Gasteiger partial charge in [-0.25, -0.2) is 4.79 Å². The molecule has 0 saturated heterocycles. The molecule has 0 aliphatic carbocycles. The van der Waals surface area contributed by atoms with E-state index in [1.807, 2.05) is 0 Å². The number of benzene rings is 1. The van der Waals surface area contributed by atoms with Gasteiger partial charge in [-0.2, -0.15) is 0 Å². The molecule has 4 heteroatoms. The summed E-state index contributed by atoms with van der Waals surface area (Å²) in [6.45, 7) is 0.0305. The van der Waals surface area contributed by atoms with Crippen LogP contribution in [0.4, 0.5) is 5.69 Å². The number of rotatable bonds is 2. The summed E-state index contributed by atoms with van der Waals surface area (Å²) in [6.07, 6.45) is 0.415. The van der Waals surface area contributed by atoms with E-state index >= 15 is 0 Å². The van der Waals surface area contributed by atoms with Crippen LogP contribution in [0.3, 0.4) is 0 Å². The normalized spacial score (nSPS) is 9.12. The number of methoxy groups -OCH3 is 1. The van der Waals surface area contributed by atoms with Crippen molar-refractivity contribution in [1.29, 1.82) is 0 Å². The van der Waals surface area contributed by atoms with Crippen LogP contribution in [-0.4, -0.2) is 24.8 Å². The lowest BCUT2D eigenvalue weighted by molar-refractivity contribution is 0.0602. The van der Waals surface area contributed by atoms with E-state index in [-0.39, 0.29) is 6.61 Å². The number of aliphatic hydroxyl groups is 1. The highest BCUT2D eigenvalue weighted by molar-refractivity contribution is 5.95. The van der Waals surface area contributed by atoms with E-state index in [1.165, 1.54) is 7.11 Å². The summed E-state index contributed by atoms with van der Waals surface area (Å²) in [5, 5.41) is 8.56. The zero-order valence-electron chi connectivity index (χ0n) is 8.99. The number of nitrogens with two attached hydrogens (primary N) is 1. The third kappa shape index (κ3) is 3.01. The first kappa shape index (κ1) is 12.1. The Kier molecular flexibility index (Phi) is 4.37. The van der Waals surface area contributed by atoms with Gasteiger partial charge in [0.05, 0.1) is 19.3 Å². The first-order chi connectivity index (χ1) is 7.69. The van der Waals surface area contributed by atoms with Crippen LogP contribution in [0, 0.1) is 11.8 Å². The van der Waals surface area contributed by atoms with E-state index in [0.29, 0.717) is 23.2 Å². The number of ether oxygens (including phenoxy) is 1. The van der Waals surface area contributed by atoms with Crippen LogP contribution >= 0.6 is 0 Å². The van der Waals surface area contributed by atoms with Gasteiger partial charge in [-0.3, -0.25) is 0 Å². The van der Waals surface area contributed by atoms with Gasteiger partial charge in [0.25, 0.3) is 0 Å². The molecule has 3 N–H and O–H groups in total. The molecule has 0 unspecified atom stereocenters. The second kappa shape index (κ2) is 5.79. The van der Waals surface area contributed by atoms with Crippen molar-refractivity contribution < 1.29 is 14.6 Å². The van der Waals surface area contributed by atoms with E-state index < -0.39 is 5.97 Å². The highest BCUT2D eigenvalue weighted by Gasteiger charge is 2.09. The summed E-state index contributed by atoms with van der Waals surface area (Å²) in [6, 6.07) is 4.87. The molecule has 0 bridgehead atoms. The summed E-state index contributed by atoms with van der Waals surface area (Å²) in [5.74, 6) is 5.13. The van der Waals surface area contributed by atoms with E-state index in [9.17, 15) is 4.79 Å². The van der Waals surface area contributed by atoms with Crippen molar-refractivity contribution in [1.82, 2.24) is 0 Å². The molecule has 0 atom stereocenters. The Labute approximate surface area is 94.0 Å². The molecule has 0 radical (unpaired) electrons. The quantitative estimate of drug-likeness (QED) is 0.438. The minimum absolute atomic E-state index is 0.0305. The third-order valence-electron chi connectivity index (χ3n) is 1.93. The lowest BCUT2D eigenvalue weighted by atomic mass is 10.1. The molecule has 0 aliphatic rings. The van der Waals surface area contributed by atoms with Gasteiger partial charge in [-0.05, 0) is 18.2 Å². The maximum absolute atomic E-state index is 11.2. The van der Waals surface area contributed by atoms with Gasteiger partial charge < -0.3 is 15.6 Å². The molecular weight excluding hydrogens is 206 g/mol. The van der Waals surface area contributed by atoms with Crippen molar-refractivity contribution >= 4 is 11.7 Å². The zero-order valence-corrected chi connectivity index (χ0v) is 8.99. The van der Waals surface area contributed by atoms with Crippen molar-refractivity contribution in [3.63, 3.8) is 0 Å². The predicted molar refractivity (Wildman–Crippen MR) is 60.8 cm³/mol. The van der Waals surface area contributed by atoms with Crippen molar-refractivity contribution in [3.05, 3.63) is 29.3 Å². The van der Waals surface area contributed by atoms with Crippen molar-refractivity contribution in [3.8, 4) is 11.8 Å². The number of aliphatic hydroxyl groups excluding tert-OH is 1. The molecule has 16 heavy (non-hydrogen) atoms. The molecule has 4 nitrogen and oxygen atoms in total. The van der Waals surface area contributed by atoms with Gasteiger partial charge >= 0.3 is 5.97 Å². The highest BCUT2D eigenvalue weighted by atomic mass is 16.5. The van der Waals surface area contributed by atoms with Crippen molar-refractivity contribution in [2.45, 2.75) is 6.42 Å². The fourth-order valence-electron chi connectivity index (χ4n) is 1.16. The number of esters is 1. The van der Waals surface area contributed by atoms with Crippen LogP contribution < -0.4 is 5.73 Å². The SMILES string of the molecule is COC(=O)c1ccc(C#CCCO)cc1N. The lowest BCUT2D eigenvalue weighted by Gasteiger charge is -2.03. The first-order valence-electron chi connectivity index (χ1n) is 4.76. The standard InChI is InChI=1S/C12H13NO3/c1-16-12(15)10-6-5-9(8-11(10)13)4-2-3-7-14/h5-6,8,14H,3,7,13H2,1H3. The van der Waals surface area contributed by atoms with Gasteiger partial charge in [-0.15, -0.1) is 0 Å². The summed E-state index contributed by atoms with van der Waals surface area (Å²) in [5.41, 5.74) is 7.06. The topological polar surface area (TPSA) is 72.5 Å². The third-order valence-corrected chi connectivity index (χ3v) is 1.93. The smallest absolute Gasteiger partial charge is 0.339 e. The Balaban J connectivity index is 2.92. The number of hydrogen-bond donors (Lipinski definition) is 2. The van der Waals surface area contributed by atoms with Crippen LogP contribution in [0.1, 0.15) is 22.3 Å². The minimum Gasteiger partial charge on any atom is -0.465 e.